The summed E-state index contributed by atoms with van der Waals surface area (Å²) in [5.74, 6) is 0.340. The number of allylic oxidation sites excluding steroid dienone is 2. The maximum absolute atomic E-state index is 9.09. The summed E-state index contributed by atoms with van der Waals surface area (Å²) in [6, 6.07) is 7.31. The highest BCUT2D eigenvalue weighted by atomic mass is 16.3. The van der Waals surface area contributed by atoms with Crippen LogP contribution in [0.25, 0.3) is 0 Å². The molecule has 0 fully saturated rings. The van der Waals surface area contributed by atoms with Gasteiger partial charge < -0.3 is 5.11 Å². The molecule has 0 aromatic heterocycles. The van der Waals surface area contributed by atoms with Gasteiger partial charge in [0.2, 0.25) is 0 Å². The van der Waals surface area contributed by atoms with Gasteiger partial charge in [-0.15, -0.1) is 0 Å². The first kappa shape index (κ1) is 7.86. The molecule has 0 unspecified atom stereocenters. The van der Waals surface area contributed by atoms with E-state index in [1.165, 1.54) is 0 Å². The summed E-state index contributed by atoms with van der Waals surface area (Å²) < 4.78 is 0. The molecule has 1 N–H and O–H groups in total. The lowest BCUT2D eigenvalue weighted by Gasteiger charge is -1.95. The van der Waals surface area contributed by atoms with E-state index in [2.05, 4.69) is 6.08 Å². The Kier molecular flexibility index (Phi) is 2.73. The lowest BCUT2D eigenvalue weighted by atomic mass is 10.1. The Morgan fingerprint density at radius 2 is 2.27 bits per heavy atom. The van der Waals surface area contributed by atoms with Crippen LogP contribution in [0.5, 0.6) is 5.75 Å². The summed E-state index contributed by atoms with van der Waals surface area (Å²) in [5, 5.41) is 9.09. The number of phenolic OH excluding ortho intramolecular Hbond substituents is 1. The first-order valence-electron chi connectivity index (χ1n) is 3.72. The van der Waals surface area contributed by atoms with Crippen LogP contribution in [-0.2, 0) is 6.42 Å². The third-order valence-corrected chi connectivity index (χ3v) is 1.50. The first-order valence-corrected chi connectivity index (χ1v) is 3.72. The minimum atomic E-state index is 0.340. The van der Waals surface area contributed by atoms with Crippen LogP contribution in [0, 0.1) is 0 Å². The standard InChI is InChI=1S/C10H12O/c1-2-3-5-9-6-4-7-10(11)8-9/h2-4,6-8,11H,5H2,1H3/b3-2-. The summed E-state index contributed by atoms with van der Waals surface area (Å²) in [6.07, 6.45) is 4.96. The number of hydrogen-bond acceptors (Lipinski definition) is 1. The van der Waals surface area contributed by atoms with E-state index < -0.39 is 0 Å². The van der Waals surface area contributed by atoms with E-state index in [9.17, 15) is 0 Å². The van der Waals surface area contributed by atoms with E-state index >= 15 is 0 Å². The maximum Gasteiger partial charge on any atom is 0.115 e. The lowest BCUT2D eigenvalue weighted by molar-refractivity contribution is 0.474. The predicted octanol–water partition coefficient (Wildman–Crippen LogP) is 2.51. The molecule has 1 heteroatoms. The fourth-order valence-corrected chi connectivity index (χ4v) is 0.937. The van der Waals surface area contributed by atoms with Gasteiger partial charge in [-0.2, -0.15) is 0 Å². The Labute approximate surface area is 67.0 Å². The molecule has 0 spiro atoms. The van der Waals surface area contributed by atoms with Crippen molar-refractivity contribution in [3.8, 4) is 5.75 Å². The van der Waals surface area contributed by atoms with Gasteiger partial charge >= 0.3 is 0 Å². The van der Waals surface area contributed by atoms with Gasteiger partial charge in [-0.3, -0.25) is 0 Å². The molecule has 0 aliphatic carbocycles. The van der Waals surface area contributed by atoms with Crippen molar-refractivity contribution in [3.05, 3.63) is 42.0 Å². The van der Waals surface area contributed by atoms with E-state index in [4.69, 9.17) is 5.11 Å². The molecule has 1 aromatic rings. The average Bonchev–Trinajstić information content (AvgIpc) is 2.01. The summed E-state index contributed by atoms with van der Waals surface area (Å²) in [7, 11) is 0. The molecule has 58 valence electrons. The molecule has 0 amide bonds. The van der Waals surface area contributed by atoms with E-state index in [0.717, 1.165) is 12.0 Å². The number of aromatic hydroxyl groups is 1. The quantitative estimate of drug-likeness (QED) is 0.639. The van der Waals surface area contributed by atoms with Crippen molar-refractivity contribution in [3.63, 3.8) is 0 Å². The molecule has 0 aliphatic heterocycles. The second-order valence-electron chi connectivity index (χ2n) is 2.44. The predicted molar refractivity (Wildman–Crippen MR) is 46.6 cm³/mol. The van der Waals surface area contributed by atoms with Crippen molar-refractivity contribution >= 4 is 0 Å². The molecule has 0 atom stereocenters. The molecule has 0 radical (unpaired) electrons. The molecule has 1 rings (SSSR count). The number of rotatable bonds is 2. The van der Waals surface area contributed by atoms with Gasteiger partial charge in [0, 0.05) is 0 Å². The molecule has 11 heavy (non-hydrogen) atoms. The Morgan fingerprint density at radius 1 is 1.45 bits per heavy atom. The van der Waals surface area contributed by atoms with E-state index in [-0.39, 0.29) is 0 Å². The van der Waals surface area contributed by atoms with E-state index in [1.807, 2.05) is 25.1 Å². The topological polar surface area (TPSA) is 20.2 Å². The zero-order valence-electron chi connectivity index (χ0n) is 6.62. The fraction of sp³-hybridized carbons (Fsp3) is 0.200. The smallest absolute Gasteiger partial charge is 0.115 e. The minimum Gasteiger partial charge on any atom is -0.508 e. The molecule has 0 heterocycles. The largest absolute Gasteiger partial charge is 0.508 e. The van der Waals surface area contributed by atoms with Gasteiger partial charge in [0.1, 0.15) is 5.75 Å². The second kappa shape index (κ2) is 3.81. The van der Waals surface area contributed by atoms with Gasteiger partial charge in [0.05, 0.1) is 0 Å². The van der Waals surface area contributed by atoms with Crippen LogP contribution in [0.3, 0.4) is 0 Å². The Balaban J connectivity index is 2.71. The Hall–Kier alpha value is -1.24. The van der Waals surface area contributed by atoms with Crippen molar-refractivity contribution in [1.29, 1.82) is 0 Å². The van der Waals surface area contributed by atoms with Crippen LogP contribution in [-0.4, -0.2) is 5.11 Å². The highest BCUT2D eigenvalue weighted by molar-refractivity contribution is 5.28. The molecule has 0 bridgehead atoms. The van der Waals surface area contributed by atoms with Gasteiger partial charge in [-0.05, 0) is 31.0 Å². The Bertz CT molecular complexity index is 251. The van der Waals surface area contributed by atoms with Crippen LogP contribution in [0.1, 0.15) is 12.5 Å². The van der Waals surface area contributed by atoms with Crippen LogP contribution in [0.2, 0.25) is 0 Å². The zero-order valence-corrected chi connectivity index (χ0v) is 6.62. The molecular weight excluding hydrogens is 136 g/mol. The van der Waals surface area contributed by atoms with Crippen LogP contribution < -0.4 is 0 Å². The summed E-state index contributed by atoms with van der Waals surface area (Å²) in [5.41, 5.74) is 1.14. The van der Waals surface area contributed by atoms with Crippen molar-refractivity contribution in [1.82, 2.24) is 0 Å². The minimum absolute atomic E-state index is 0.340. The second-order valence-corrected chi connectivity index (χ2v) is 2.44. The normalized spacial score (nSPS) is 10.6. The van der Waals surface area contributed by atoms with Crippen LogP contribution >= 0.6 is 0 Å². The summed E-state index contributed by atoms with van der Waals surface area (Å²) >= 11 is 0. The average molecular weight is 148 g/mol. The summed E-state index contributed by atoms with van der Waals surface area (Å²) in [4.78, 5) is 0. The highest BCUT2D eigenvalue weighted by Gasteiger charge is 1.89. The number of phenols is 1. The molecule has 0 saturated carbocycles. The fourth-order valence-electron chi connectivity index (χ4n) is 0.937. The van der Waals surface area contributed by atoms with Crippen molar-refractivity contribution in [2.45, 2.75) is 13.3 Å². The maximum atomic E-state index is 9.09. The van der Waals surface area contributed by atoms with Crippen LogP contribution in [0.4, 0.5) is 0 Å². The van der Waals surface area contributed by atoms with Crippen LogP contribution in [0.15, 0.2) is 36.4 Å². The molecular formula is C10H12O. The van der Waals surface area contributed by atoms with Crippen molar-refractivity contribution < 1.29 is 5.11 Å². The number of benzene rings is 1. The van der Waals surface area contributed by atoms with E-state index in [1.54, 1.807) is 12.1 Å². The van der Waals surface area contributed by atoms with Gasteiger partial charge in [-0.25, -0.2) is 0 Å². The molecule has 0 aliphatic rings. The van der Waals surface area contributed by atoms with Crippen molar-refractivity contribution in [2.75, 3.05) is 0 Å². The van der Waals surface area contributed by atoms with Gasteiger partial charge in [0.25, 0.3) is 0 Å². The van der Waals surface area contributed by atoms with E-state index in [0.29, 0.717) is 5.75 Å². The van der Waals surface area contributed by atoms with Crippen molar-refractivity contribution in [2.24, 2.45) is 0 Å². The zero-order chi connectivity index (χ0) is 8.10. The van der Waals surface area contributed by atoms with Gasteiger partial charge in [-0.1, -0.05) is 24.3 Å². The lowest BCUT2D eigenvalue weighted by Crippen LogP contribution is -1.78. The Morgan fingerprint density at radius 3 is 2.91 bits per heavy atom. The van der Waals surface area contributed by atoms with Gasteiger partial charge in [0.15, 0.2) is 0 Å². The third kappa shape index (κ3) is 2.46. The SMILES string of the molecule is C/C=C\Cc1cccc(O)c1. The molecule has 1 aromatic carbocycles. The molecule has 0 saturated heterocycles. The summed E-state index contributed by atoms with van der Waals surface area (Å²) in [6.45, 7) is 1.99. The molecule has 1 nitrogen and oxygen atoms in total. The third-order valence-electron chi connectivity index (χ3n) is 1.50. The highest BCUT2D eigenvalue weighted by Crippen LogP contribution is 2.11. The number of hydrogen-bond donors (Lipinski definition) is 1. The monoisotopic (exact) mass is 148 g/mol. The first-order chi connectivity index (χ1) is 5.33.